The van der Waals surface area contributed by atoms with Gasteiger partial charge >= 0.3 is 0 Å². The van der Waals surface area contributed by atoms with Crippen molar-refractivity contribution in [3.63, 3.8) is 0 Å². The highest BCUT2D eigenvalue weighted by Gasteiger charge is 2.36. The minimum absolute atomic E-state index is 0.0649. The third-order valence-electron chi connectivity index (χ3n) is 8.48. The van der Waals surface area contributed by atoms with E-state index in [1.54, 1.807) is 0 Å². The third-order valence-corrected chi connectivity index (χ3v) is 8.48. The summed E-state index contributed by atoms with van der Waals surface area (Å²) < 4.78 is 22.6. The van der Waals surface area contributed by atoms with Crippen LogP contribution in [0.15, 0.2) is 23.5 Å². The molecule has 3 fully saturated rings. The maximum Gasteiger partial charge on any atom is 0.222 e. The summed E-state index contributed by atoms with van der Waals surface area (Å²) in [5.41, 5.74) is 1.11. The summed E-state index contributed by atoms with van der Waals surface area (Å²) in [5, 5.41) is 5.22. The van der Waals surface area contributed by atoms with Crippen LogP contribution in [-0.2, 0) is 33.4 Å². The van der Waals surface area contributed by atoms with Crippen molar-refractivity contribution in [1.82, 2.24) is 10.4 Å². The Balaban J connectivity index is 1.00. The fourth-order valence-corrected chi connectivity index (χ4v) is 6.02. The summed E-state index contributed by atoms with van der Waals surface area (Å²) in [6, 6.07) is 0.590. The summed E-state index contributed by atoms with van der Waals surface area (Å²) in [6.45, 7) is 6.15. The number of carbonyl (C=O) groups is 1. The number of fused-ring (bicyclic) bond motifs is 1. The average Bonchev–Trinajstić information content (AvgIpc) is 3.35. The highest BCUT2D eigenvalue weighted by molar-refractivity contribution is 5.75. The number of ether oxygens (including phenoxy) is 4. The zero-order chi connectivity index (χ0) is 27.8. The minimum Gasteiger partial charge on any atom is -0.492 e. The number of hydrogen-bond donors (Lipinski definition) is 2. The molecule has 0 aromatic carbocycles. The van der Waals surface area contributed by atoms with Gasteiger partial charge in [0.05, 0.1) is 52.9 Å². The standard InChI is InChI=1S/C30H51N3O7/c31-39-22-25-18-26(23-40-33-10-8-27-6-1-2-7-29(27)33)20-28(19-25)38-17-16-37-15-14-36-13-12-35-11-9-30(34)32-21-24-4-3-5-24/h19-20,24,26-27,29H,1-18,21-23,31H2,(H,32,34)/t26-,27?,29?/m0/s1. The molecular formula is C30H51N3O7. The Labute approximate surface area is 239 Å². The van der Waals surface area contributed by atoms with Gasteiger partial charge in [0.2, 0.25) is 5.91 Å². The maximum atomic E-state index is 11.8. The van der Waals surface area contributed by atoms with Crippen LogP contribution in [0.1, 0.15) is 64.2 Å². The monoisotopic (exact) mass is 565 g/mol. The van der Waals surface area contributed by atoms with Gasteiger partial charge in [-0.3, -0.25) is 9.63 Å². The Bertz CT molecular complexity index is 804. The van der Waals surface area contributed by atoms with Crippen LogP contribution in [-0.4, -0.2) is 89.6 Å². The molecule has 0 aromatic heterocycles. The van der Waals surface area contributed by atoms with E-state index >= 15 is 0 Å². The zero-order valence-electron chi connectivity index (χ0n) is 24.2. The molecule has 3 aliphatic carbocycles. The van der Waals surface area contributed by atoms with Crippen molar-refractivity contribution < 1.29 is 33.4 Å². The van der Waals surface area contributed by atoms with Crippen molar-refractivity contribution in [1.29, 1.82) is 0 Å². The number of carbonyl (C=O) groups excluding carboxylic acids is 1. The van der Waals surface area contributed by atoms with Gasteiger partial charge in [-0.1, -0.05) is 19.3 Å². The van der Waals surface area contributed by atoms with E-state index in [1.807, 2.05) is 6.08 Å². The number of hydrogen-bond acceptors (Lipinski definition) is 9. The smallest absolute Gasteiger partial charge is 0.222 e. The van der Waals surface area contributed by atoms with E-state index in [2.05, 4.69) is 16.5 Å². The first-order valence-electron chi connectivity index (χ1n) is 15.5. The number of nitrogens with one attached hydrogen (secondary N) is 1. The normalized spacial score (nSPS) is 25.2. The minimum atomic E-state index is 0.0649. The molecule has 3 atom stereocenters. The average molecular weight is 566 g/mol. The van der Waals surface area contributed by atoms with Gasteiger partial charge < -0.3 is 29.1 Å². The Kier molecular flexibility index (Phi) is 14.2. The van der Waals surface area contributed by atoms with Crippen molar-refractivity contribution >= 4 is 5.91 Å². The van der Waals surface area contributed by atoms with E-state index < -0.39 is 0 Å². The Morgan fingerprint density at radius 2 is 1.68 bits per heavy atom. The fraction of sp³-hybridized carbons (Fsp3) is 0.833. The molecule has 0 spiro atoms. The van der Waals surface area contributed by atoms with Gasteiger partial charge in [0.1, 0.15) is 12.4 Å². The van der Waals surface area contributed by atoms with Gasteiger partial charge in [-0.05, 0) is 68.1 Å². The van der Waals surface area contributed by atoms with Crippen molar-refractivity contribution in [2.75, 3.05) is 72.6 Å². The molecule has 0 radical (unpaired) electrons. The predicted molar refractivity (Wildman–Crippen MR) is 151 cm³/mol. The van der Waals surface area contributed by atoms with Gasteiger partial charge in [-0.25, -0.2) is 5.90 Å². The molecular weight excluding hydrogens is 514 g/mol. The number of rotatable bonds is 20. The van der Waals surface area contributed by atoms with Crippen LogP contribution in [0.4, 0.5) is 0 Å². The molecule has 0 bridgehead atoms. The second kappa shape index (κ2) is 18.1. The highest BCUT2D eigenvalue weighted by Crippen LogP contribution is 2.36. The number of nitrogens with two attached hydrogens (primary N) is 1. The van der Waals surface area contributed by atoms with Gasteiger partial charge in [0.25, 0.3) is 0 Å². The molecule has 1 saturated heterocycles. The van der Waals surface area contributed by atoms with Crippen LogP contribution in [0.3, 0.4) is 0 Å². The quantitative estimate of drug-likeness (QED) is 0.170. The van der Waals surface area contributed by atoms with Gasteiger partial charge in [0.15, 0.2) is 0 Å². The Hall–Kier alpha value is -1.53. The van der Waals surface area contributed by atoms with Crippen molar-refractivity contribution in [2.24, 2.45) is 23.7 Å². The summed E-state index contributed by atoms with van der Waals surface area (Å²) in [4.78, 5) is 23.0. The maximum absolute atomic E-state index is 11.8. The summed E-state index contributed by atoms with van der Waals surface area (Å²) in [6.07, 6.45) is 15.7. The van der Waals surface area contributed by atoms with Gasteiger partial charge in [-0.2, -0.15) is 5.06 Å². The molecule has 4 rings (SSSR count). The first-order valence-corrected chi connectivity index (χ1v) is 15.5. The lowest BCUT2D eigenvalue weighted by Crippen LogP contribution is -2.36. The molecule has 1 heterocycles. The van der Waals surface area contributed by atoms with Crippen LogP contribution < -0.4 is 11.2 Å². The van der Waals surface area contributed by atoms with E-state index in [0.717, 1.165) is 36.8 Å². The summed E-state index contributed by atoms with van der Waals surface area (Å²) in [7, 11) is 0. The summed E-state index contributed by atoms with van der Waals surface area (Å²) in [5.74, 6) is 7.95. The van der Waals surface area contributed by atoms with E-state index in [1.165, 1.54) is 51.4 Å². The SMILES string of the molecule is NOCC1=CC(OCCOCCOCCOCCC(=O)NCC2CCC2)=C[C@@H](CON2CCC3CCCCC32)C1. The number of allylic oxidation sites excluding steroid dienone is 1. The zero-order valence-corrected chi connectivity index (χ0v) is 24.2. The molecule has 40 heavy (non-hydrogen) atoms. The number of nitrogens with zero attached hydrogens (tertiary/aromatic N) is 1. The van der Waals surface area contributed by atoms with Crippen LogP contribution in [0.2, 0.25) is 0 Å². The first-order chi connectivity index (χ1) is 19.7. The Morgan fingerprint density at radius 1 is 0.925 bits per heavy atom. The fourth-order valence-electron chi connectivity index (χ4n) is 6.02. The van der Waals surface area contributed by atoms with Crippen LogP contribution in [0.5, 0.6) is 0 Å². The second-order valence-corrected chi connectivity index (χ2v) is 11.5. The van der Waals surface area contributed by atoms with Crippen LogP contribution >= 0.6 is 0 Å². The lowest BCUT2D eigenvalue weighted by molar-refractivity contribution is -0.183. The Morgan fingerprint density at radius 3 is 2.42 bits per heavy atom. The van der Waals surface area contributed by atoms with E-state index in [4.69, 9.17) is 34.5 Å². The summed E-state index contributed by atoms with van der Waals surface area (Å²) >= 11 is 0. The lowest BCUT2D eigenvalue weighted by atomic mass is 9.85. The highest BCUT2D eigenvalue weighted by atomic mass is 16.7. The number of hydroxylamine groups is 2. The molecule has 4 aliphatic rings. The second-order valence-electron chi connectivity index (χ2n) is 11.5. The third kappa shape index (κ3) is 11.0. The van der Waals surface area contributed by atoms with Crippen molar-refractivity contribution in [2.45, 2.75) is 70.3 Å². The number of amides is 1. The molecule has 1 amide bonds. The predicted octanol–water partition coefficient (Wildman–Crippen LogP) is 3.28. The van der Waals surface area contributed by atoms with E-state index in [9.17, 15) is 4.79 Å². The van der Waals surface area contributed by atoms with Crippen LogP contribution in [0, 0.1) is 17.8 Å². The molecule has 0 aromatic rings. The molecule has 10 heteroatoms. The molecule has 228 valence electrons. The van der Waals surface area contributed by atoms with Crippen molar-refractivity contribution in [3.05, 3.63) is 23.5 Å². The first kappa shape index (κ1) is 31.4. The van der Waals surface area contributed by atoms with Crippen LogP contribution in [0.25, 0.3) is 0 Å². The molecule has 2 unspecified atom stereocenters. The van der Waals surface area contributed by atoms with E-state index in [-0.39, 0.29) is 11.8 Å². The van der Waals surface area contributed by atoms with Gasteiger partial charge in [-0.15, -0.1) is 0 Å². The van der Waals surface area contributed by atoms with Gasteiger partial charge in [0, 0.05) is 31.5 Å². The molecule has 3 N–H and O–H groups in total. The largest absolute Gasteiger partial charge is 0.492 e. The van der Waals surface area contributed by atoms with E-state index in [0.29, 0.717) is 77.8 Å². The molecule has 1 aliphatic heterocycles. The molecule has 10 nitrogen and oxygen atoms in total. The van der Waals surface area contributed by atoms with Crippen molar-refractivity contribution in [3.8, 4) is 0 Å². The lowest BCUT2D eigenvalue weighted by Gasteiger charge is -2.32. The molecule has 2 saturated carbocycles. The topological polar surface area (TPSA) is 114 Å².